The van der Waals surface area contributed by atoms with Crippen LogP contribution in [0, 0.1) is 15.9 Å². The average Bonchev–Trinajstić information content (AvgIpc) is 2.30. The zero-order chi connectivity index (χ0) is 14.0. The fourth-order valence-electron chi connectivity index (χ4n) is 2.32. The standard InChI is InChI=1S/C13H17FN2O3/c1-13(2)9-15(6-7-19-13)8-10-4-3-5-11(12(10)14)16(17)18/h3-5H,6-9H2,1-2H3. The number of benzene rings is 1. The van der Waals surface area contributed by atoms with Crippen molar-refractivity contribution in [1.29, 1.82) is 0 Å². The molecule has 19 heavy (non-hydrogen) atoms. The number of morpholine rings is 1. The van der Waals surface area contributed by atoms with E-state index < -0.39 is 16.4 Å². The molecule has 2 rings (SSSR count). The van der Waals surface area contributed by atoms with E-state index >= 15 is 0 Å². The Labute approximate surface area is 111 Å². The highest BCUT2D eigenvalue weighted by molar-refractivity contribution is 5.36. The minimum Gasteiger partial charge on any atom is -0.373 e. The summed E-state index contributed by atoms with van der Waals surface area (Å²) in [4.78, 5) is 12.1. The lowest BCUT2D eigenvalue weighted by Gasteiger charge is -2.38. The Morgan fingerprint density at radius 1 is 1.53 bits per heavy atom. The largest absolute Gasteiger partial charge is 0.373 e. The maximum absolute atomic E-state index is 14.0. The van der Waals surface area contributed by atoms with Crippen molar-refractivity contribution in [3.8, 4) is 0 Å². The number of rotatable bonds is 3. The van der Waals surface area contributed by atoms with Crippen LogP contribution in [0.4, 0.5) is 10.1 Å². The smallest absolute Gasteiger partial charge is 0.305 e. The number of halogens is 1. The maximum Gasteiger partial charge on any atom is 0.305 e. The van der Waals surface area contributed by atoms with Crippen LogP contribution in [0.2, 0.25) is 0 Å². The molecule has 1 aliphatic rings. The Morgan fingerprint density at radius 3 is 2.89 bits per heavy atom. The highest BCUT2D eigenvalue weighted by atomic mass is 19.1. The molecule has 0 atom stereocenters. The van der Waals surface area contributed by atoms with Crippen molar-refractivity contribution >= 4 is 5.69 Å². The fourth-order valence-corrected chi connectivity index (χ4v) is 2.32. The van der Waals surface area contributed by atoms with Crippen LogP contribution in [0.5, 0.6) is 0 Å². The molecule has 0 bridgehead atoms. The van der Waals surface area contributed by atoms with Crippen molar-refractivity contribution in [3.05, 3.63) is 39.7 Å². The Kier molecular flexibility index (Phi) is 3.82. The predicted molar refractivity (Wildman–Crippen MR) is 68.4 cm³/mol. The third kappa shape index (κ3) is 3.27. The molecule has 0 aromatic heterocycles. The molecule has 1 fully saturated rings. The molecular formula is C13H17FN2O3. The Balaban J connectivity index is 2.15. The van der Waals surface area contributed by atoms with Crippen LogP contribution in [0.15, 0.2) is 18.2 Å². The van der Waals surface area contributed by atoms with Crippen molar-refractivity contribution < 1.29 is 14.1 Å². The van der Waals surface area contributed by atoms with Gasteiger partial charge in [0.15, 0.2) is 0 Å². The number of hydrogen-bond acceptors (Lipinski definition) is 4. The second-order valence-corrected chi connectivity index (χ2v) is 5.33. The van der Waals surface area contributed by atoms with Gasteiger partial charge in [-0.3, -0.25) is 15.0 Å². The molecule has 0 amide bonds. The third-order valence-corrected chi connectivity index (χ3v) is 3.15. The zero-order valence-corrected chi connectivity index (χ0v) is 11.1. The van der Waals surface area contributed by atoms with E-state index in [1.807, 2.05) is 18.7 Å². The summed E-state index contributed by atoms with van der Waals surface area (Å²) in [5, 5.41) is 10.7. The number of ether oxygens (including phenoxy) is 1. The van der Waals surface area contributed by atoms with Gasteiger partial charge in [-0.25, -0.2) is 0 Å². The van der Waals surface area contributed by atoms with Gasteiger partial charge in [-0.2, -0.15) is 4.39 Å². The van der Waals surface area contributed by atoms with E-state index in [1.165, 1.54) is 12.1 Å². The topological polar surface area (TPSA) is 55.6 Å². The van der Waals surface area contributed by atoms with Gasteiger partial charge >= 0.3 is 5.69 Å². The van der Waals surface area contributed by atoms with E-state index in [4.69, 9.17) is 4.74 Å². The molecule has 0 N–H and O–H groups in total. The summed E-state index contributed by atoms with van der Waals surface area (Å²) >= 11 is 0. The van der Waals surface area contributed by atoms with Crippen molar-refractivity contribution in [2.75, 3.05) is 19.7 Å². The molecule has 1 heterocycles. The van der Waals surface area contributed by atoms with E-state index in [2.05, 4.69) is 0 Å². The third-order valence-electron chi connectivity index (χ3n) is 3.15. The predicted octanol–water partition coefficient (Wildman–Crippen LogP) is 2.34. The fraction of sp³-hybridized carbons (Fsp3) is 0.538. The van der Waals surface area contributed by atoms with Crippen molar-refractivity contribution in [2.24, 2.45) is 0 Å². The van der Waals surface area contributed by atoms with E-state index in [-0.39, 0.29) is 5.60 Å². The summed E-state index contributed by atoms with van der Waals surface area (Å²) in [5.41, 5.74) is -0.382. The number of nitrogens with zero attached hydrogens (tertiary/aromatic N) is 2. The van der Waals surface area contributed by atoms with Gasteiger partial charge in [0.2, 0.25) is 5.82 Å². The molecule has 5 nitrogen and oxygen atoms in total. The Morgan fingerprint density at radius 2 is 2.26 bits per heavy atom. The van der Waals surface area contributed by atoms with Crippen molar-refractivity contribution in [2.45, 2.75) is 26.0 Å². The summed E-state index contributed by atoms with van der Waals surface area (Å²) < 4.78 is 19.6. The van der Waals surface area contributed by atoms with Gasteiger partial charge in [0.1, 0.15) is 0 Å². The van der Waals surface area contributed by atoms with Gasteiger partial charge in [0.25, 0.3) is 0 Å². The Bertz CT molecular complexity index is 491. The van der Waals surface area contributed by atoms with Crippen LogP contribution in [0.25, 0.3) is 0 Å². The first-order valence-electron chi connectivity index (χ1n) is 6.17. The maximum atomic E-state index is 14.0. The lowest BCUT2D eigenvalue weighted by atomic mass is 10.1. The molecule has 104 valence electrons. The van der Waals surface area contributed by atoms with Crippen molar-refractivity contribution in [1.82, 2.24) is 4.90 Å². The minimum atomic E-state index is -0.739. The normalized spacial score (nSPS) is 19.3. The lowest BCUT2D eigenvalue weighted by Crippen LogP contribution is -2.47. The highest BCUT2D eigenvalue weighted by Crippen LogP contribution is 2.23. The van der Waals surface area contributed by atoms with Gasteiger partial charge in [0.05, 0.1) is 17.1 Å². The van der Waals surface area contributed by atoms with Gasteiger partial charge in [-0.15, -0.1) is 0 Å². The monoisotopic (exact) mass is 268 g/mol. The minimum absolute atomic E-state index is 0.268. The SMILES string of the molecule is CC1(C)CN(Cc2cccc([N+](=O)[O-])c2F)CCO1. The van der Waals surface area contributed by atoms with E-state index in [9.17, 15) is 14.5 Å². The molecule has 0 aliphatic carbocycles. The number of hydrogen-bond donors (Lipinski definition) is 0. The highest BCUT2D eigenvalue weighted by Gasteiger charge is 2.28. The van der Waals surface area contributed by atoms with Gasteiger partial charge in [-0.1, -0.05) is 12.1 Å². The summed E-state index contributed by atoms with van der Waals surface area (Å²) in [6.07, 6.45) is 0. The van der Waals surface area contributed by atoms with E-state index in [0.29, 0.717) is 31.8 Å². The first-order chi connectivity index (χ1) is 8.89. The molecule has 1 saturated heterocycles. The molecule has 0 unspecified atom stereocenters. The summed E-state index contributed by atoms with van der Waals surface area (Å²) in [6, 6.07) is 4.29. The first-order valence-corrected chi connectivity index (χ1v) is 6.17. The molecule has 0 spiro atoms. The molecular weight excluding hydrogens is 251 g/mol. The summed E-state index contributed by atoms with van der Waals surface area (Å²) in [7, 11) is 0. The number of nitro groups is 1. The van der Waals surface area contributed by atoms with E-state index in [0.717, 1.165) is 0 Å². The van der Waals surface area contributed by atoms with Crippen LogP contribution in [-0.2, 0) is 11.3 Å². The molecule has 1 aromatic carbocycles. The second kappa shape index (κ2) is 5.22. The molecule has 6 heteroatoms. The van der Waals surface area contributed by atoms with Crippen LogP contribution in [0.1, 0.15) is 19.4 Å². The van der Waals surface area contributed by atoms with Crippen molar-refractivity contribution in [3.63, 3.8) is 0 Å². The zero-order valence-electron chi connectivity index (χ0n) is 11.1. The van der Waals surface area contributed by atoms with Crippen LogP contribution in [0.3, 0.4) is 0 Å². The van der Waals surface area contributed by atoms with Crippen LogP contribution < -0.4 is 0 Å². The molecule has 1 aliphatic heterocycles. The van der Waals surface area contributed by atoms with Crippen LogP contribution in [-0.4, -0.2) is 35.1 Å². The van der Waals surface area contributed by atoms with Gasteiger partial charge < -0.3 is 4.74 Å². The number of nitro benzene ring substituents is 1. The summed E-state index contributed by atoms with van der Waals surface area (Å²) in [6.45, 7) is 6.27. The summed E-state index contributed by atoms with van der Waals surface area (Å²) in [5.74, 6) is -0.739. The van der Waals surface area contributed by atoms with Crippen LogP contribution >= 0.6 is 0 Å². The Hall–Kier alpha value is -1.53. The molecule has 0 radical (unpaired) electrons. The van der Waals surface area contributed by atoms with Gasteiger partial charge in [-0.05, 0) is 13.8 Å². The lowest BCUT2D eigenvalue weighted by molar-refractivity contribution is -0.387. The van der Waals surface area contributed by atoms with Gasteiger partial charge in [0, 0.05) is 31.3 Å². The van der Waals surface area contributed by atoms with E-state index in [1.54, 1.807) is 6.07 Å². The average molecular weight is 268 g/mol. The second-order valence-electron chi connectivity index (χ2n) is 5.33. The molecule has 0 saturated carbocycles. The molecule has 1 aromatic rings. The first kappa shape index (κ1) is 13.9. The quantitative estimate of drug-likeness (QED) is 0.623.